The van der Waals surface area contributed by atoms with Gasteiger partial charge in [0.1, 0.15) is 0 Å². The van der Waals surface area contributed by atoms with Crippen molar-refractivity contribution in [3.05, 3.63) is 35.9 Å². The molecule has 2 heteroatoms. The predicted octanol–water partition coefficient (Wildman–Crippen LogP) is 2.28. The highest BCUT2D eigenvalue weighted by atomic mass is 16.5. The zero-order valence-electron chi connectivity index (χ0n) is 8.32. The molecule has 0 bridgehead atoms. The molecule has 0 aliphatic carbocycles. The maximum absolute atomic E-state index is 11.6. The SMILES string of the molecule is CC(=O)[C@]1(c2ccccc2)CCCO1. The molecule has 2 nitrogen and oxygen atoms in total. The summed E-state index contributed by atoms with van der Waals surface area (Å²) >= 11 is 0. The molecule has 1 aromatic carbocycles. The van der Waals surface area contributed by atoms with E-state index in [1.807, 2.05) is 30.3 Å². The van der Waals surface area contributed by atoms with Crippen molar-refractivity contribution < 1.29 is 9.53 Å². The fourth-order valence-electron chi connectivity index (χ4n) is 2.06. The number of carbonyl (C=O) groups excluding carboxylic acids is 1. The highest BCUT2D eigenvalue weighted by Crippen LogP contribution is 2.36. The Hall–Kier alpha value is -1.15. The topological polar surface area (TPSA) is 26.3 Å². The van der Waals surface area contributed by atoms with Crippen molar-refractivity contribution >= 4 is 5.78 Å². The summed E-state index contributed by atoms with van der Waals surface area (Å²) in [7, 11) is 0. The molecule has 74 valence electrons. The molecule has 0 N–H and O–H groups in total. The van der Waals surface area contributed by atoms with Crippen LogP contribution in [0.15, 0.2) is 30.3 Å². The van der Waals surface area contributed by atoms with Crippen molar-refractivity contribution in [2.45, 2.75) is 25.4 Å². The standard InChI is InChI=1S/C12H14O2/c1-10(13)12(8-5-9-14-12)11-6-3-2-4-7-11/h2-4,6-7H,5,8-9H2,1H3/t12-/m0/s1. The van der Waals surface area contributed by atoms with Crippen molar-refractivity contribution in [1.82, 2.24) is 0 Å². The van der Waals surface area contributed by atoms with Gasteiger partial charge < -0.3 is 4.74 Å². The molecule has 1 atom stereocenters. The second kappa shape index (κ2) is 3.54. The minimum absolute atomic E-state index is 0.112. The maximum atomic E-state index is 11.6. The van der Waals surface area contributed by atoms with Crippen LogP contribution in [0.2, 0.25) is 0 Å². The van der Waals surface area contributed by atoms with E-state index in [9.17, 15) is 4.79 Å². The van der Waals surface area contributed by atoms with E-state index in [2.05, 4.69) is 0 Å². The average Bonchev–Trinajstić information content (AvgIpc) is 2.69. The van der Waals surface area contributed by atoms with Gasteiger partial charge in [-0.2, -0.15) is 0 Å². The molecule has 1 saturated heterocycles. The lowest BCUT2D eigenvalue weighted by Crippen LogP contribution is -2.32. The maximum Gasteiger partial charge on any atom is 0.166 e. The molecule has 0 amide bonds. The summed E-state index contributed by atoms with van der Waals surface area (Å²) in [6, 6.07) is 9.77. The van der Waals surface area contributed by atoms with Gasteiger partial charge in [0.15, 0.2) is 11.4 Å². The highest BCUT2D eigenvalue weighted by molar-refractivity contribution is 5.86. The lowest BCUT2D eigenvalue weighted by molar-refractivity contribution is -0.137. The van der Waals surface area contributed by atoms with Crippen LogP contribution in [0.1, 0.15) is 25.3 Å². The van der Waals surface area contributed by atoms with Gasteiger partial charge in [0.25, 0.3) is 0 Å². The smallest absolute Gasteiger partial charge is 0.166 e. The van der Waals surface area contributed by atoms with Gasteiger partial charge in [-0.3, -0.25) is 4.79 Å². The van der Waals surface area contributed by atoms with E-state index in [0.717, 1.165) is 18.4 Å². The Labute approximate surface area is 83.9 Å². The first-order valence-electron chi connectivity index (χ1n) is 4.96. The van der Waals surface area contributed by atoms with Crippen molar-refractivity contribution in [3.63, 3.8) is 0 Å². The van der Waals surface area contributed by atoms with E-state index in [1.54, 1.807) is 6.92 Å². The van der Waals surface area contributed by atoms with Crippen molar-refractivity contribution in [2.75, 3.05) is 6.61 Å². The van der Waals surface area contributed by atoms with E-state index in [0.29, 0.717) is 6.61 Å². The van der Waals surface area contributed by atoms with Gasteiger partial charge in [0.2, 0.25) is 0 Å². The number of Topliss-reactive ketones (excluding diaryl/α,β-unsaturated/α-hetero) is 1. The molecule has 0 unspecified atom stereocenters. The van der Waals surface area contributed by atoms with Crippen LogP contribution in [-0.2, 0) is 15.1 Å². The van der Waals surface area contributed by atoms with Crippen LogP contribution in [0.5, 0.6) is 0 Å². The Balaban J connectivity index is 2.42. The van der Waals surface area contributed by atoms with Crippen LogP contribution in [0.25, 0.3) is 0 Å². The summed E-state index contributed by atoms with van der Waals surface area (Å²) in [5, 5.41) is 0. The van der Waals surface area contributed by atoms with E-state index >= 15 is 0 Å². The van der Waals surface area contributed by atoms with Gasteiger partial charge >= 0.3 is 0 Å². The van der Waals surface area contributed by atoms with Gasteiger partial charge in [0, 0.05) is 6.61 Å². The van der Waals surface area contributed by atoms with Gasteiger partial charge in [-0.15, -0.1) is 0 Å². The monoisotopic (exact) mass is 190 g/mol. The van der Waals surface area contributed by atoms with Crippen LogP contribution in [0.3, 0.4) is 0 Å². The fraction of sp³-hybridized carbons (Fsp3) is 0.417. The molecule has 1 aliphatic rings. The first kappa shape index (κ1) is 9.41. The third-order valence-corrected chi connectivity index (χ3v) is 2.83. The largest absolute Gasteiger partial charge is 0.362 e. The molecule has 1 fully saturated rings. The second-order valence-corrected chi connectivity index (χ2v) is 3.70. The van der Waals surface area contributed by atoms with Crippen molar-refractivity contribution in [3.8, 4) is 0 Å². The Morgan fingerprint density at radius 1 is 1.36 bits per heavy atom. The average molecular weight is 190 g/mol. The summed E-state index contributed by atoms with van der Waals surface area (Å²) in [6.45, 7) is 2.30. The summed E-state index contributed by atoms with van der Waals surface area (Å²) in [5.41, 5.74) is 0.339. The third kappa shape index (κ3) is 1.36. The first-order valence-corrected chi connectivity index (χ1v) is 4.96. The number of hydrogen-bond donors (Lipinski definition) is 0. The number of hydrogen-bond acceptors (Lipinski definition) is 2. The molecule has 1 heterocycles. The van der Waals surface area contributed by atoms with E-state index < -0.39 is 5.60 Å². The molecule has 1 aromatic rings. The normalized spacial score (nSPS) is 26.4. The zero-order chi connectivity index (χ0) is 10.0. The molecule has 0 radical (unpaired) electrons. The van der Waals surface area contributed by atoms with Gasteiger partial charge in [0.05, 0.1) is 0 Å². The van der Waals surface area contributed by atoms with Crippen LogP contribution < -0.4 is 0 Å². The number of ketones is 1. The lowest BCUT2D eigenvalue weighted by atomic mass is 9.87. The van der Waals surface area contributed by atoms with E-state index in [4.69, 9.17) is 4.74 Å². The minimum atomic E-state index is -0.652. The van der Waals surface area contributed by atoms with E-state index in [1.165, 1.54) is 0 Å². The number of carbonyl (C=O) groups is 1. The summed E-state index contributed by atoms with van der Waals surface area (Å²) in [5.74, 6) is 0.112. The van der Waals surface area contributed by atoms with Gasteiger partial charge in [-0.1, -0.05) is 30.3 Å². The van der Waals surface area contributed by atoms with Crippen molar-refractivity contribution in [2.24, 2.45) is 0 Å². The molecular weight excluding hydrogens is 176 g/mol. The molecule has 0 aromatic heterocycles. The highest BCUT2D eigenvalue weighted by Gasteiger charge is 2.41. The first-order chi connectivity index (χ1) is 6.76. The predicted molar refractivity (Wildman–Crippen MR) is 54.0 cm³/mol. The molecule has 2 rings (SSSR count). The van der Waals surface area contributed by atoms with E-state index in [-0.39, 0.29) is 5.78 Å². The van der Waals surface area contributed by atoms with Gasteiger partial charge in [-0.25, -0.2) is 0 Å². The van der Waals surface area contributed by atoms with Crippen LogP contribution in [0.4, 0.5) is 0 Å². The quantitative estimate of drug-likeness (QED) is 0.715. The molecule has 14 heavy (non-hydrogen) atoms. The van der Waals surface area contributed by atoms with Crippen molar-refractivity contribution in [1.29, 1.82) is 0 Å². The van der Waals surface area contributed by atoms with Crippen LogP contribution in [0, 0.1) is 0 Å². The van der Waals surface area contributed by atoms with Gasteiger partial charge in [-0.05, 0) is 25.3 Å². The third-order valence-electron chi connectivity index (χ3n) is 2.83. The zero-order valence-corrected chi connectivity index (χ0v) is 8.32. The van der Waals surface area contributed by atoms with Crippen LogP contribution >= 0.6 is 0 Å². The number of rotatable bonds is 2. The second-order valence-electron chi connectivity index (χ2n) is 3.70. The number of benzene rings is 1. The lowest BCUT2D eigenvalue weighted by Gasteiger charge is -2.25. The summed E-state index contributed by atoms with van der Waals surface area (Å²) in [4.78, 5) is 11.6. The summed E-state index contributed by atoms with van der Waals surface area (Å²) < 4.78 is 5.64. The Morgan fingerprint density at radius 2 is 2.07 bits per heavy atom. The summed E-state index contributed by atoms with van der Waals surface area (Å²) in [6.07, 6.45) is 1.78. The van der Waals surface area contributed by atoms with Crippen LogP contribution in [-0.4, -0.2) is 12.4 Å². The Kier molecular flexibility index (Phi) is 2.38. The Morgan fingerprint density at radius 3 is 2.57 bits per heavy atom. The molecule has 0 saturated carbocycles. The number of ether oxygens (including phenoxy) is 1. The molecule has 0 spiro atoms. The molecular formula is C12H14O2. The molecule has 1 aliphatic heterocycles. The Bertz CT molecular complexity index is 323. The minimum Gasteiger partial charge on any atom is -0.362 e. The fourth-order valence-corrected chi connectivity index (χ4v) is 2.06.